The number of anilines is 2. The van der Waals surface area contributed by atoms with Gasteiger partial charge in [0.2, 0.25) is 11.8 Å². The number of methoxy groups -OCH3 is 1. The first kappa shape index (κ1) is 28.3. The summed E-state index contributed by atoms with van der Waals surface area (Å²) >= 11 is 12.4. The third kappa shape index (κ3) is 4.19. The van der Waals surface area contributed by atoms with Crippen LogP contribution in [-0.4, -0.2) is 48.9 Å². The quantitative estimate of drug-likeness (QED) is 0.345. The Hall–Kier alpha value is -3.53. The molecule has 3 aromatic carbocycles. The normalized spacial score (nSPS) is 26.4. The Labute approximate surface area is 256 Å². The number of nitrogens with one attached hydrogen (secondary N) is 1. The number of esters is 1. The monoisotopic (exact) mass is 625 g/mol. The Balaban J connectivity index is 1.43. The Morgan fingerprint density at radius 1 is 1.05 bits per heavy atom. The van der Waals surface area contributed by atoms with Gasteiger partial charge in [0.05, 0.1) is 28.6 Å². The zero-order valence-corrected chi connectivity index (χ0v) is 24.6. The SMILES string of the molecule is COC(=O)c1ccc(N2CC[C@H]3[C@@H](C2=O)[C@H](c2cccc(Cl)c2F)[C@]2(C(=O)Nc4cc(Cl)c(F)cc42)N3CC2CC2)cc1. The third-order valence-electron chi connectivity index (χ3n) is 9.41. The van der Waals surface area contributed by atoms with Crippen LogP contribution < -0.4 is 10.2 Å². The van der Waals surface area contributed by atoms with Gasteiger partial charge in [-0.2, -0.15) is 0 Å². The summed E-state index contributed by atoms with van der Waals surface area (Å²) in [5, 5.41) is 2.61. The van der Waals surface area contributed by atoms with Gasteiger partial charge in [-0.05, 0) is 73.2 Å². The van der Waals surface area contributed by atoms with Crippen LogP contribution in [0.4, 0.5) is 20.2 Å². The Morgan fingerprint density at radius 2 is 1.79 bits per heavy atom. The second kappa shape index (κ2) is 10.3. The number of fused-ring (bicyclic) bond motifs is 3. The summed E-state index contributed by atoms with van der Waals surface area (Å²) in [6.45, 7) is 0.834. The van der Waals surface area contributed by atoms with Crippen molar-refractivity contribution in [1.29, 1.82) is 0 Å². The number of carbonyl (C=O) groups excluding carboxylic acids is 3. The van der Waals surface area contributed by atoms with Gasteiger partial charge in [0, 0.05) is 42.0 Å². The Kier molecular flexibility index (Phi) is 6.76. The van der Waals surface area contributed by atoms with Crippen molar-refractivity contribution in [3.05, 3.63) is 93.0 Å². The summed E-state index contributed by atoms with van der Waals surface area (Å²) in [4.78, 5) is 44.6. The van der Waals surface area contributed by atoms with Gasteiger partial charge >= 0.3 is 5.97 Å². The van der Waals surface area contributed by atoms with E-state index in [1.165, 1.54) is 25.3 Å². The molecule has 7 rings (SSSR count). The van der Waals surface area contributed by atoms with Gasteiger partial charge < -0.3 is 15.0 Å². The molecule has 0 radical (unpaired) electrons. The maximum Gasteiger partial charge on any atom is 0.337 e. The first-order valence-electron chi connectivity index (χ1n) is 14.2. The number of ether oxygens (including phenoxy) is 1. The molecule has 222 valence electrons. The lowest BCUT2D eigenvalue weighted by Crippen LogP contribution is -2.54. The minimum absolute atomic E-state index is 0.121. The van der Waals surface area contributed by atoms with E-state index in [9.17, 15) is 14.4 Å². The van der Waals surface area contributed by atoms with Gasteiger partial charge in [0.25, 0.3) is 0 Å². The third-order valence-corrected chi connectivity index (χ3v) is 9.99. The highest BCUT2D eigenvalue weighted by atomic mass is 35.5. The van der Waals surface area contributed by atoms with Crippen molar-refractivity contribution in [3.8, 4) is 0 Å². The standard InChI is InChI=1S/C32H27Cl2F2N3O4/c1-43-30(41)17-7-9-18(10-8-17)38-12-11-25-26(29(38)40)27(19-3-2-4-21(33)28(19)36)32(39(25)15-16-5-6-16)20-13-23(35)22(34)14-24(20)37-31(32)42/h2-4,7-10,13-14,16,25-27H,5-6,11-12,15H2,1H3,(H,37,42)/t25-,26+,27-,32+/m0/s1. The van der Waals surface area contributed by atoms with Crippen LogP contribution in [0.2, 0.25) is 10.0 Å². The fourth-order valence-corrected chi connectivity index (χ4v) is 7.74. The van der Waals surface area contributed by atoms with E-state index in [4.69, 9.17) is 27.9 Å². The van der Waals surface area contributed by atoms with E-state index in [0.29, 0.717) is 47.9 Å². The molecule has 0 unspecified atom stereocenters. The molecule has 1 aliphatic carbocycles. The molecule has 3 aromatic rings. The number of hydrogen-bond acceptors (Lipinski definition) is 5. The van der Waals surface area contributed by atoms with Gasteiger partial charge in [-0.15, -0.1) is 0 Å². The van der Waals surface area contributed by atoms with Crippen molar-refractivity contribution in [1.82, 2.24) is 4.90 Å². The van der Waals surface area contributed by atoms with Crippen LogP contribution in [0.5, 0.6) is 0 Å². The number of rotatable bonds is 5. The first-order chi connectivity index (χ1) is 20.7. The van der Waals surface area contributed by atoms with Crippen molar-refractivity contribution >= 4 is 52.4 Å². The molecule has 4 aliphatic rings. The van der Waals surface area contributed by atoms with Gasteiger partial charge in [-0.25, -0.2) is 13.6 Å². The largest absolute Gasteiger partial charge is 0.465 e. The molecule has 1 N–H and O–H groups in total. The van der Waals surface area contributed by atoms with Crippen molar-refractivity contribution in [2.45, 2.75) is 36.8 Å². The Bertz CT molecular complexity index is 1680. The lowest BCUT2D eigenvalue weighted by Gasteiger charge is -2.40. The minimum Gasteiger partial charge on any atom is -0.465 e. The van der Waals surface area contributed by atoms with Crippen LogP contribution in [0, 0.1) is 23.5 Å². The molecule has 2 amide bonds. The zero-order chi connectivity index (χ0) is 30.2. The molecule has 4 atom stereocenters. The number of nitrogens with zero attached hydrogens (tertiary/aromatic N) is 2. The highest BCUT2D eigenvalue weighted by Gasteiger charge is 2.70. The number of likely N-dealkylation sites (tertiary alicyclic amines) is 1. The molecule has 3 fully saturated rings. The number of halogens is 4. The number of piperidine rings is 1. The van der Waals surface area contributed by atoms with Crippen LogP contribution in [0.25, 0.3) is 0 Å². The van der Waals surface area contributed by atoms with Gasteiger partial charge in [-0.1, -0.05) is 35.3 Å². The van der Waals surface area contributed by atoms with E-state index in [-0.39, 0.29) is 21.5 Å². The highest BCUT2D eigenvalue weighted by Crippen LogP contribution is 2.62. The predicted octanol–water partition coefficient (Wildman–Crippen LogP) is 6.14. The van der Waals surface area contributed by atoms with Gasteiger partial charge in [0.15, 0.2) is 0 Å². The van der Waals surface area contributed by atoms with Crippen LogP contribution in [0.1, 0.15) is 46.7 Å². The smallest absolute Gasteiger partial charge is 0.337 e. The summed E-state index contributed by atoms with van der Waals surface area (Å²) in [5.74, 6) is -4.26. The molecule has 3 aliphatic heterocycles. The molecular formula is C32H27Cl2F2N3O4. The molecule has 0 aromatic heterocycles. The fraction of sp³-hybridized carbons (Fsp3) is 0.344. The summed E-state index contributed by atoms with van der Waals surface area (Å²) in [6.07, 6.45) is 2.42. The second-order valence-electron chi connectivity index (χ2n) is 11.7. The first-order valence-corrected chi connectivity index (χ1v) is 14.9. The molecule has 2 saturated heterocycles. The van der Waals surface area contributed by atoms with E-state index >= 15 is 8.78 Å². The van der Waals surface area contributed by atoms with E-state index in [1.807, 2.05) is 4.90 Å². The van der Waals surface area contributed by atoms with Crippen LogP contribution in [0.15, 0.2) is 54.6 Å². The highest BCUT2D eigenvalue weighted by molar-refractivity contribution is 6.31. The zero-order valence-electron chi connectivity index (χ0n) is 23.1. The summed E-state index contributed by atoms with van der Waals surface area (Å²) in [6, 6.07) is 13.3. The minimum atomic E-state index is -1.58. The lowest BCUT2D eigenvalue weighted by molar-refractivity contribution is -0.128. The summed E-state index contributed by atoms with van der Waals surface area (Å²) < 4.78 is 36.0. The van der Waals surface area contributed by atoms with Crippen molar-refractivity contribution in [3.63, 3.8) is 0 Å². The van der Waals surface area contributed by atoms with Crippen LogP contribution >= 0.6 is 23.2 Å². The van der Waals surface area contributed by atoms with Crippen molar-refractivity contribution in [2.24, 2.45) is 11.8 Å². The lowest BCUT2D eigenvalue weighted by atomic mass is 9.70. The molecule has 1 saturated carbocycles. The van der Waals surface area contributed by atoms with Crippen LogP contribution in [-0.2, 0) is 19.9 Å². The van der Waals surface area contributed by atoms with Crippen molar-refractivity contribution in [2.75, 3.05) is 30.4 Å². The molecule has 3 heterocycles. The van der Waals surface area contributed by atoms with Gasteiger partial charge in [0.1, 0.15) is 17.2 Å². The molecule has 7 nitrogen and oxygen atoms in total. The molecule has 0 bridgehead atoms. The molecule has 11 heteroatoms. The van der Waals surface area contributed by atoms with E-state index in [2.05, 4.69) is 5.32 Å². The number of amides is 2. The number of benzene rings is 3. The maximum atomic E-state index is 16.1. The fourth-order valence-electron chi connectivity index (χ4n) is 7.40. The predicted molar refractivity (Wildman–Crippen MR) is 157 cm³/mol. The maximum absolute atomic E-state index is 16.1. The molecule has 43 heavy (non-hydrogen) atoms. The number of hydrogen-bond donors (Lipinski definition) is 1. The van der Waals surface area contributed by atoms with E-state index in [0.717, 1.165) is 12.8 Å². The Morgan fingerprint density at radius 3 is 2.49 bits per heavy atom. The van der Waals surface area contributed by atoms with Crippen molar-refractivity contribution < 1.29 is 27.9 Å². The molecular weight excluding hydrogens is 599 g/mol. The second-order valence-corrected chi connectivity index (χ2v) is 12.5. The average molecular weight is 626 g/mol. The average Bonchev–Trinajstić information content (AvgIpc) is 3.72. The summed E-state index contributed by atoms with van der Waals surface area (Å²) in [7, 11) is 1.29. The van der Waals surface area contributed by atoms with E-state index in [1.54, 1.807) is 41.3 Å². The van der Waals surface area contributed by atoms with Gasteiger partial charge in [-0.3, -0.25) is 14.5 Å². The molecule has 1 spiro atoms. The van der Waals surface area contributed by atoms with Crippen LogP contribution in [0.3, 0.4) is 0 Å². The summed E-state index contributed by atoms with van der Waals surface area (Å²) in [5.41, 5.74) is 0.111. The topological polar surface area (TPSA) is 78.9 Å². The number of carbonyl (C=O) groups is 3. The van der Waals surface area contributed by atoms with E-state index < -0.39 is 46.9 Å².